The second kappa shape index (κ2) is 2.60. The summed E-state index contributed by atoms with van der Waals surface area (Å²) < 4.78 is 0. The molecular weight excluding hydrogens is 162 g/mol. The van der Waals surface area contributed by atoms with E-state index in [-0.39, 0.29) is 12.5 Å². The van der Waals surface area contributed by atoms with Crippen molar-refractivity contribution in [1.29, 1.82) is 5.26 Å². The van der Waals surface area contributed by atoms with Gasteiger partial charge in [-0.1, -0.05) is 0 Å². The summed E-state index contributed by atoms with van der Waals surface area (Å²) >= 11 is 0. The molecule has 0 aliphatic carbocycles. The Kier molecular flexibility index (Phi) is 1.46. The minimum atomic E-state index is 0.138. The number of aromatic nitrogens is 4. The fourth-order valence-electron chi connectivity index (χ4n) is 0.781. The van der Waals surface area contributed by atoms with E-state index >= 15 is 0 Å². The van der Waals surface area contributed by atoms with Crippen molar-refractivity contribution in [1.82, 2.24) is 15.4 Å². The van der Waals surface area contributed by atoms with Crippen molar-refractivity contribution in [2.24, 2.45) is 0 Å². The highest BCUT2D eigenvalue weighted by Gasteiger charge is 2.26. The molecular formula is C5H4N5O2+. The predicted octanol–water partition coefficient (Wildman–Crippen LogP) is -1.25. The normalized spacial score (nSPS) is 15.9. The molecule has 2 heterocycles. The average molecular weight is 166 g/mol. The van der Waals surface area contributed by atoms with E-state index in [9.17, 15) is 0 Å². The first kappa shape index (κ1) is 6.75. The van der Waals surface area contributed by atoms with E-state index in [1.165, 1.54) is 11.1 Å². The molecule has 0 radical (unpaired) electrons. The van der Waals surface area contributed by atoms with Crippen LogP contribution in [-0.2, 0) is 9.78 Å². The third-order valence-corrected chi connectivity index (χ3v) is 1.30. The molecule has 0 amide bonds. The van der Waals surface area contributed by atoms with Crippen LogP contribution in [-0.4, -0.2) is 22.0 Å². The van der Waals surface area contributed by atoms with Crippen LogP contribution >= 0.6 is 0 Å². The van der Waals surface area contributed by atoms with E-state index in [2.05, 4.69) is 25.2 Å². The predicted molar refractivity (Wildman–Crippen MR) is 32.4 cm³/mol. The van der Waals surface area contributed by atoms with Gasteiger partial charge in [-0.2, -0.15) is 10.1 Å². The number of H-pyrrole nitrogens is 1. The highest BCUT2D eigenvalue weighted by atomic mass is 17.2. The third-order valence-electron chi connectivity index (χ3n) is 1.30. The zero-order chi connectivity index (χ0) is 8.39. The SMILES string of the molecule is N#CC1=C([n+]2ncn[nH]2)OOC1. The zero-order valence-electron chi connectivity index (χ0n) is 5.89. The average Bonchev–Trinajstić information content (AvgIpc) is 2.74. The lowest BCUT2D eigenvalue weighted by molar-refractivity contribution is -0.726. The standard InChI is InChI=1S/C5H3N5O2/c6-1-4-2-11-12-5(4)10-8-3-7-9-10/h3H,2H2/p+1. The smallest absolute Gasteiger partial charge is 0.287 e. The molecule has 7 heteroatoms. The Hall–Kier alpha value is -1.94. The molecule has 0 unspecified atom stereocenters. The summed E-state index contributed by atoms with van der Waals surface area (Å²) in [6, 6.07) is 1.92. The number of aromatic amines is 1. The molecule has 1 aromatic heterocycles. The summed E-state index contributed by atoms with van der Waals surface area (Å²) in [5.74, 6) is 0.231. The number of nitrogens with one attached hydrogen (secondary N) is 1. The Morgan fingerprint density at radius 2 is 2.67 bits per heavy atom. The molecule has 0 atom stereocenters. The van der Waals surface area contributed by atoms with Crippen molar-refractivity contribution in [3.63, 3.8) is 0 Å². The lowest BCUT2D eigenvalue weighted by Crippen LogP contribution is -2.38. The van der Waals surface area contributed by atoms with Gasteiger partial charge in [-0.05, 0) is 10.3 Å². The van der Waals surface area contributed by atoms with Gasteiger partial charge in [0.15, 0.2) is 5.57 Å². The number of tetrazole rings is 1. The highest BCUT2D eigenvalue weighted by Crippen LogP contribution is 2.12. The van der Waals surface area contributed by atoms with Crippen molar-refractivity contribution in [3.05, 3.63) is 11.9 Å². The minimum Gasteiger partial charge on any atom is -0.287 e. The molecule has 0 aromatic carbocycles. The number of hydrogen-bond donors (Lipinski definition) is 1. The van der Waals surface area contributed by atoms with Crippen LogP contribution in [0.25, 0.3) is 5.88 Å². The maximum absolute atomic E-state index is 8.59. The molecule has 1 N–H and O–H groups in total. The third kappa shape index (κ3) is 0.906. The summed E-state index contributed by atoms with van der Waals surface area (Å²) in [5.41, 5.74) is 0.372. The molecule has 7 nitrogen and oxygen atoms in total. The largest absolute Gasteiger partial charge is 0.381 e. The fourth-order valence-corrected chi connectivity index (χ4v) is 0.781. The van der Waals surface area contributed by atoms with Crippen LogP contribution in [0.3, 0.4) is 0 Å². The van der Waals surface area contributed by atoms with E-state index in [0.717, 1.165) is 0 Å². The van der Waals surface area contributed by atoms with Gasteiger partial charge >= 0.3 is 5.88 Å². The molecule has 0 saturated carbocycles. The fraction of sp³-hybridized carbons (Fsp3) is 0.200. The number of hydrogen-bond acceptors (Lipinski definition) is 5. The second-order valence-electron chi connectivity index (χ2n) is 2.01. The first-order valence-electron chi connectivity index (χ1n) is 3.12. The zero-order valence-corrected chi connectivity index (χ0v) is 5.89. The molecule has 12 heavy (non-hydrogen) atoms. The molecule has 2 rings (SSSR count). The lowest BCUT2D eigenvalue weighted by Gasteiger charge is -1.89. The van der Waals surface area contributed by atoms with Crippen molar-refractivity contribution in [2.75, 3.05) is 6.61 Å². The van der Waals surface area contributed by atoms with Crippen molar-refractivity contribution < 1.29 is 14.6 Å². The molecule has 0 bridgehead atoms. The molecule has 1 aliphatic heterocycles. The molecule has 60 valence electrons. The van der Waals surface area contributed by atoms with Crippen LogP contribution in [0.4, 0.5) is 0 Å². The van der Waals surface area contributed by atoms with Crippen molar-refractivity contribution in [2.45, 2.75) is 0 Å². The molecule has 0 spiro atoms. The first-order chi connectivity index (χ1) is 5.92. The van der Waals surface area contributed by atoms with Gasteiger partial charge in [0, 0.05) is 4.80 Å². The van der Waals surface area contributed by atoms with E-state index in [4.69, 9.17) is 5.26 Å². The molecule has 1 aromatic rings. The topological polar surface area (TPSA) is 87.7 Å². The quantitative estimate of drug-likeness (QED) is 0.416. The Balaban J connectivity index is 2.42. The van der Waals surface area contributed by atoms with Crippen LogP contribution in [0.1, 0.15) is 0 Å². The Labute approximate surface area is 66.7 Å². The highest BCUT2D eigenvalue weighted by molar-refractivity contribution is 5.42. The number of rotatable bonds is 1. The Bertz CT molecular complexity index is 348. The van der Waals surface area contributed by atoms with E-state index in [1.54, 1.807) is 0 Å². The molecule has 0 saturated heterocycles. The van der Waals surface area contributed by atoms with Gasteiger partial charge < -0.3 is 0 Å². The van der Waals surface area contributed by atoms with E-state index in [0.29, 0.717) is 5.57 Å². The van der Waals surface area contributed by atoms with Gasteiger partial charge in [-0.25, -0.2) is 0 Å². The Morgan fingerprint density at radius 1 is 1.75 bits per heavy atom. The summed E-state index contributed by atoms with van der Waals surface area (Å²) in [5, 5.41) is 18.4. The number of nitrogens with zero attached hydrogens (tertiary/aromatic N) is 4. The molecule has 0 fully saturated rings. The van der Waals surface area contributed by atoms with Gasteiger partial charge in [0.2, 0.25) is 0 Å². The van der Waals surface area contributed by atoms with Gasteiger partial charge in [0.1, 0.15) is 12.7 Å². The Morgan fingerprint density at radius 3 is 3.33 bits per heavy atom. The summed E-state index contributed by atoms with van der Waals surface area (Å²) in [6.07, 6.45) is 1.30. The van der Waals surface area contributed by atoms with E-state index in [1.807, 2.05) is 6.07 Å². The summed E-state index contributed by atoms with van der Waals surface area (Å²) in [7, 11) is 0. The van der Waals surface area contributed by atoms with Gasteiger partial charge in [0.25, 0.3) is 6.33 Å². The summed E-state index contributed by atoms with van der Waals surface area (Å²) in [4.78, 5) is 10.5. The monoisotopic (exact) mass is 166 g/mol. The maximum atomic E-state index is 8.59. The van der Waals surface area contributed by atoms with E-state index < -0.39 is 0 Å². The van der Waals surface area contributed by atoms with Crippen LogP contribution in [0.15, 0.2) is 11.9 Å². The summed E-state index contributed by atoms with van der Waals surface area (Å²) in [6.45, 7) is 0.138. The minimum absolute atomic E-state index is 0.138. The van der Waals surface area contributed by atoms with Crippen LogP contribution in [0.2, 0.25) is 0 Å². The van der Waals surface area contributed by atoms with Gasteiger partial charge in [-0.15, -0.1) is 0 Å². The second-order valence-corrected chi connectivity index (χ2v) is 2.01. The first-order valence-corrected chi connectivity index (χ1v) is 3.12. The van der Waals surface area contributed by atoms with Crippen LogP contribution in [0, 0.1) is 11.3 Å². The van der Waals surface area contributed by atoms with Crippen molar-refractivity contribution in [3.8, 4) is 6.07 Å². The van der Waals surface area contributed by atoms with Crippen molar-refractivity contribution >= 4 is 5.88 Å². The van der Waals surface area contributed by atoms with Crippen LogP contribution in [0.5, 0.6) is 0 Å². The number of nitriles is 1. The maximum Gasteiger partial charge on any atom is 0.381 e. The lowest BCUT2D eigenvalue weighted by atomic mass is 10.3. The van der Waals surface area contributed by atoms with Crippen LogP contribution < -0.4 is 4.80 Å². The van der Waals surface area contributed by atoms with Gasteiger partial charge in [0.05, 0.1) is 5.10 Å². The molecule has 1 aliphatic rings. The van der Waals surface area contributed by atoms with Gasteiger partial charge in [-0.3, -0.25) is 4.89 Å².